The molecule has 19 heavy (non-hydrogen) atoms. The van der Waals surface area contributed by atoms with Crippen LogP contribution in [0.4, 0.5) is 0 Å². The van der Waals surface area contributed by atoms with Crippen molar-refractivity contribution in [1.82, 2.24) is 5.32 Å². The molecule has 0 radical (unpaired) electrons. The van der Waals surface area contributed by atoms with E-state index in [0.717, 1.165) is 19.0 Å². The highest BCUT2D eigenvalue weighted by Gasteiger charge is 2.38. The lowest BCUT2D eigenvalue weighted by atomic mass is 10.5. The van der Waals surface area contributed by atoms with Gasteiger partial charge in [0.1, 0.15) is 0 Å². The Morgan fingerprint density at radius 2 is 1.11 bits per heavy atom. The van der Waals surface area contributed by atoms with Gasteiger partial charge in [-0.15, -0.1) is 0 Å². The summed E-state index contributed by atoms with van der Waals surface area (Å²) in [6.45, 7) is 0.787. The van der Waals surface area contributed by atoms with E-state index in [1.54, 1.807) is 42.7 Å². The Labute approximate surface area is 118 Å². The molecule has 0 atom stereocenters. The topological polar surface area (TPSA) is 67.4 Å². The van der Waals surface area contributed by atoms with Crippen molar-refractivity contribution in [2.75, 3.05) is 55.4 Å². The summed E-state index contributed by atoms with van der Waals surface area (Å²) in [5, 5.41) is 3.27. The average Bonchev–Trinajstić information content (AvgIpc) is 2.48. The van der Waals surface area contributed by atoms with Crippen LogP contribution in [0.15, 0.2) is 0 Å². The van der Waals surface area contributed by atoms with Crippen molar-refractivity contribution in [3.8, 4) is 0 Å². The van der Waals surface area contributed by atoms with Crippen LogP contribution >= 0.6 is 0 Å². The average molecular weight is 313 g/mol. The predicted molar refractivity (Wildman–Crippen MR) is 75.9 cm³/mol. The second-order valence-electron chi connectivity index (χ2n) is 3.87. The first-order valence-corrected chi connectivity index (χ1v) is 9.95. The summed E-state index contributed by atoms with van der Waals surface area (Å²) in [5.41, 5.74) is 0. The maximum atomic E-state index is 5.35. The third-order valence-corrected chi connectivity index (χ3v) is 8.43. The first-order valence-electron chi connectivity index (χ1n) is 6.09. The molecule has 0 aromatic rings. The van der Waals surface area contributed by atoms with Crippen LogP contribution in [0, 0.1) is 0 Å². The molecule has 116 valence electrons. The molecule has 0 aliphatic carbocycles. The summed E-state index contributed by atoms with van der Waals surface area (Å²) in [6, 6.07) is 0.755. The van der Waals surface area contributed by atoms with E-state index in [0.29, 0.717) is 6.17 Å². The monoisotopic (exact) mass is 313 g/mol. The second kappa shape index (κ2) is 9.96. The van der Waals surface area contributed by atoms with Crippen LogP contribution in [0.25, 0.3) is 0 Å². The number of hydrogen-bond acceptors (Lipinski definition) is 7. The van der Waals surface area contributed by atoms with Crippen LogP contribution in [0.3, 0.4) is 0 Å². The molecule has 0 aliphatic rings. The SMILES string of the molecule is CO[Si](CCCNC[Si](OC)(OC)OC)(OC)OC. The van der Waals surface area contributed by atoms with Crippen molar-refractivity contribution in [3.63, 3.8) is 0 Å². The van der Waals surface area contributed by atoms with Crippen molar-refractivity contribution >= 4 is 17.6 Å². The summed E-state index contributed by atoms with van der Waals surface area (Å²) in [5.74, 6) is 0. The molecule has 0 aromatic heterocycles. The van der Waals surface area contributed by atoms with Gasteiger partial charge in [0, 0.05) is 48.7 Å². The van der Waals surface area contributed by atoms with Crippen LogP contribution in [-0.2, 0) is 26.6 Å². The Morgan fingerprint density at radius 1 is 0.684 bits per heavy atom. The largest absolute Gasteiger partial charge is 0.514 e. The van der Waals surface area contributed by atoms with E-state index < -0.39 is 17.6 Å². The van der Waals surface area contributed by atoms with E-state index in [1.807, 2.05) is 0 Å². The molecule has 0 aliphatic heterocycles. The van der Waals surface area contributed by atoms with Crippen molar-refractivity contribution in [2.24, 2.45) is 0 Å². The molecule has 0 unspecified atom stereocenters. The smallest absolute Gasteiger partial charge is 0.377 e. The molecule has 7 nitrogen and oxygen atoms in total. The van der Waals surface area contributed by atoms with E-state index in [2.05, 4.69) is 5.32 Å². The molecule has 0 saturated heterocycles. The fraction of sp³-hybridized carbons (Fsp3) is 1.00. The zero-order valence-electron chi connectivity index (χ0n) is 12.8. The standard InChI is InChI=1S/C10H27NO6Si2/c1-12-18(13-2,14-3)9-7-8-11-10-19(15-4,16-5)17-6/h11H,7-10H2,1-6H3. The Bertz CT molecular complexity index is 188. The normalized spacial score (nSPS) is 12.9. The first-order chi connectivity index (χ1) is 9.07. The van der Waals surface area contributed by atoms with Crippen molar-refractivity contribution < 1.29 is 26.6 Å². The molecule has 0 fully saturated rings. The molecule has 0 spiro atoms. The van der Waals surface area contributed by atoms with Gasteiger partial charge < -0.3 is 31.9 Å². The van der Waals surface area contributed by atoms with E-state index in [-0.39, 0.29) is 0 Å². The van der Waals surface area contributed by atoms with Gasteiger partial charge in [0.2, 0.25) is 0 Å². The number of rotatable bonds is 12. The lowest BCUT2D eigenvalue weighted by molar-refractivity contribution is 0.120. The van der Waals surface area contributed by atoms with Gasteiger partial charge in [-0.3, -0.25) is 0 Å². The van der Waals surface area contributed by atoms with Gasteiger partial charge >= 0.3 is 17.6 Å². The predicted octanol–water partition coefficient (Wildman–Crippen LogP) is 0.262. The summed E-state index contributed by atoms with van der Waals surface area (Å²) < 4.78 is 32.0. The van der Waals surface area contributed by atoms with Crippen molar-refractivity contribution in [3.05, 3.63) is 0 Å². The second-order valence-corrected chi connectivity index (χ2v) is 9.91. The van der Waals surface area contributed by atoms with E-state index in [9.17, 15) is 0 Å². The van der Waals surface area contributed by atoms with Crippen LogP contribution in [0.2, 0.25) is 6.04 Å². The highest BCUT2D eigenvalue weighted by Crippen LogP contribution is 2.14. The minimum absolute atomic E-state index is 0.567. The van der Waals surface area contributed by atoms with Gasteiger partial charge in [-0.2, -0.15) is 0 Å². The van der Waals surface area contributed by atoms with Gasteiger partial charge in [-0.25, -0.2) is 0 Å². The molecule has 1 N–H and O–H groups in total. The lowest BCUT2D eigenvalue weighted by Crippen LogP contribution is -2.52. The Morgan fingerprint density at radius 3 is 1.47 bits per heavy atom. The Kier molecular flexibility index (Phi) is 10.0. The Balaban J connectivity index is 3.98. The molecule has 9 heteroatoms. The maximum Gasteiger partial charge on any atom is 0.514 e. The lowest BCUT2D eigenvalue weighted by Gasteiger charge is -2.26. The molecule has 0 saturated carbocycles. The number of hydrogen-bond donors (Lipinski definition) is 1. The first kappa shape index (κ1) is 19.2. The summed E-state index contributed by atoms with van der Waals surface area (Å²) in [7, 11) is 4.65. The van der Waals surface area contributed by atoms with Crippen LogP contribution < -0.4 is 5.32 Å². The van der Waals surface area contributed by atoms with Crippen molar-refractivity contribution in [2.45, 2.75) is 12.5 Å². The third kappa shape index (κ3) is 5.98. The molecule has 0 amide bonds. The third-order valence-electron chi connectivity index (χ3n) is 3.04. The minimum Gasteiger partial charge on any atom is -0.377 e. The zero-order chi connectivity index (χ0) is 14.8. The summed E-state index contributed by atoms with van der Waals surface area (Å²) >= 11 is 0. The van der Waals surface area contributed by atoms with Gasteiger partial charge in [0.05, 0.1) is 6.17 Å². The van der Waals surface area contributed by atoms with Gasteiger partial charge in [0.15, 0.2) is 0 Å². The van der Waals surface area contributed by atoms with Crippen LogP contribution in [0.5, 0.6) is 0 Å². The fourth-order valence-corrected chi connectivity index (χ4v) is 4.83. The quantitative estimate of drug-likeness (QED) is 0.409. The highest BCUT2D eigenvalue weighted by atomic mass is 28.4. The van der Waals surface area contributed by atoms with Crippen molar-refractivity contribution in [1.29, 1.82) is 0 Å². The zero-order valence-corrected chi connectivity index (χ0v) is 14.8. The van der Waals surface area contributed by atoms with E-state index >= 15 is 0 Å². The number of nitrogens with one attached hydrogen (secondary N) is 1. The maximum absolute atomic E-state index is 5.35. The summed E-state index contributed by atoms with van der Waals surface area (Å²) in [6.07, 6.45) is 1.45. The van der Waals surface area contributed by atoms with Gasteiger partial charge in [-0.1, -0.05) is 0 Å². The van der Waals surface area contributed by atoms with E-state index in [4.69, 9.17) is 26.6 Å². The molecule has 0 bridgehead atoms. The molecule has 0 aromatic carbocycles. The minimum atomic E-state index is -2.53. The van der Waals surface area contributed by atoms with Gasteiger partial charge in [0.25, 0.3) is 0 Å². The molecule has 0 heterocycles. The fourth-order valence-electron chi connectivity index (χ4n) is 1.69. The molecule has 0 rings (SSSR count). The Hall–Kier alpha value is 0.154. The van der Waals surface area contributed by atoms with Crippen LogP contribution in [-0.4, -0.2) is 73.0 Å². The highest BCUT2D eigenvalue weighted by molar-refractivity contribution is 6.61. The summed E-state index contributed by atoms with van der Waals surface area (Å²) in [4.78, 5) is 0. The van der Waals surface area contributed by atoms with E-state index in [1.165, 1.54) is 0 Å². The molecular formula is C10H27NO6Si2. The van der Waals surface area contributed by atoms with Gasteiger partial charge in [-0.05, 0) is 13.0 Å². The van der Waals surface area contributed by atoms with Crippen LogP contribution in [0.1, 0.15) is 6.42 Å². The molecular weight excluding hydrogens is 286 g/mol.